The number of halogens is 3. The first kappa shape index (κ1) is 19.8. The average Bonchev–Trinajstić information content (AvgIpc) is 2.87. The molecule has 21 heavy (non-hydrogen) atoms. The fraction of sp³-hybridized carbons (Fsp3) is 0.500. The molecule has 0 spiro atoms. The Morgan fingerprint density at radius 1 is 1.48 bits per heavy atom. The van der Waals surface area contributed by atoms with Crippen molar-refractivity contribution in [2.75, 3.05) is 19.7 Å². The number of rotatable bonds is 7. The smallest absolute Gasteiger partial charge is 0.374 e. The summed E-state index contributed by atoms with van der Waals surface area (Å²) in [5, 5.41) is -0.659. The molecular formula is C10H15ClF2N2O5S. The number of alkyl halides is 2. The maximum atomic E-state index is 12.9. The summed E-state index contributed by atoms with van der Waals surface area (Å²) >= 11 is 0. The van der Waals surface area contributed by atoms with Gasteiger partial charge in [0.2, 0.25) is 10.9 Å². The second kappa shape index (κ2) is 7.69. The van der Waals surface area contributed by atoms with Gasteiger partial charge in [0.15, 0.2) is 0 Å². The SMILES string of the molecule is CCOC(=O)c1ccc(S(=O)(=O)NCC(F)(F)CN)o1.Cl. The van der Waals surface area contributed by atoms with Gasteiger partial charge < -0.3 is 14.9 Å². The molecule has 0 radical (unpaired) electrons. The summed E-state index contributed by atoms with van der Waals surface area (Å²) in [6.07, 6.45) is 0. The summed E-state index contributed by atoms with van der Waals surface area (Å²) in [6.45, 7) is -0.513. The molecule has 11 heteroatoms. The van der Waals surface area contributed by atoms with Gasteiger partial charge in [-0.2, -0.15) is 0 Å². The number of hydrogen-bond acceptors (Lipinski definition) is 6. The second-order valence-electron chi connectivity index (χ2n) is 3.72. The first-order valence-electron chi connectivity index (χ1n) is 5.56. The minimum atomic E-state index is -4.29. The van der Waals surface area contributed by atoms with Crippen molar-refractivity contribution in [3.63, 3.8) is 0 Å². The highest BCUT2D eigenvalue weighted by atomic mass is 35.5. The van der Waals surface area contributed by atoms with Crippen molar-refractivity contribution in [2.45, 2.75) is 17.9 Å². The summed E-state index contributed by atoms with van der Waals surface area (Å²) in [7, 11) is -4.29. The third kappa shape index (κ3) is 5.58. The molecule has 0 aliphatic rings. The maximum absolute atomic E-state index is 12.9. The minimum absolute atomic E-state index is 0. The van der Waals surface area contributed by atoms with Crippen LogP contribution in [-0.4, -0.2) is 40.0 Å². The molecule has 1 heterocycles. The molecule has 0 unspecified atom stereocenters. The molecule has 0 saturated heterocycles. The van der Waals surface area contributed by atoms with Gasteiger partial charge in [0, 0.05) is 0 Å². The van der Waals surface area contributed by atoms with Crippen molar-refractivity contribution in [3.05, 3.63) is 17.9 Å². The predicted molar refractivity (Wildman–Crippen MR) is 71.1 cm³/mol. The van der Waals surface area contributed by atoms with Gasteiger partial charge >= 0.3 is 5.97 Å². The van der Waals surface area contributed by atoms with Crippen molar-refractivity contribution >= 4 is 28.4 Å². The molecule has 0 amide bonds. The van der Waals surface area contributed by atoms with Crippen LogP contribution in [0.15, 0.2) is 21.6 Å². The molecule has 1 rings (SSSR count). The molecule has 0 aliphatic heterocycles. The summed E-state index contributed by atoms with van der Waals surface area (Å²) in [6, 6.07) is 2.04. The molecule has 0 bridgehead atoms. The van der Waals surface area contributed by atoms with Crippen LogP contribution in [0.3, 0.4) is 0 Å². The Labute approximate surface area is 126 Å². The monoisotopic (exact) mass is 348 g/mol. The molecule has 0 fully saturated rings. The van der Waals surface area contributed by atoms with Crippen LogP contribution in [0.25, 0.3) is 0 Å². The van der Waals surface area contributed by atoms with Crippen molar-refractivity contribution in [2.24, 2.45) is 5.73 Å². The Morgan fingerprint density at radius 3 is 2.62 bits per heavy atom. The number of sulfonamides is 1. The number of carbonyl (C=O) groups is 1. The first-order valence-corrected chi connectivity index (χ1v) is 7.04. The zero-order valence-corrected chi connectivity index (χ0v) is 12.6. The van der Waals surface area contributed by atoms with Gasteiger partial charge in [-0.25, -0.2) is 26.7 Å². The first-order chi connectivity index (χ1) is 9.22. The van der Waals surface area contributed by atoms with Gasteiger partial charge in [0.05, 0.1) is 19.7 Å². The molecule has 0 aliphatic carbocycles. The molecular weight excluding hydrogens is 334 g/mol. The number of esters is 1. The molecule has 1 aromatic rings. The molecule has 0 aromatic carbocycles. The van der Waals surface area contributed by atoms with Gasteiger partial charge in [-0.05, 0) is 19.1 Å². The summed E-state index contributed by atoms with van der Waals surface area (Å²) in [4.78, 5) is 11.3. The van der Waals surface area contributed by atoms with E-state index in [1.165, 1.54) is 0 Å². The van der Waals surface area contributed by atoms with Crippen LogP contribution in [0.5, 0.6) is 0 Å². The van der Waals surface area contributed by atoms with Crippen LogP contribution in [0, 0.1) is 0 Å². The van der Waals surface area contributed by atoms with E-state index in [4.69, 9.17) is 10.2 Å². The minimum Gasteiger partial charge on any atom is -0.460 e. The molecule has 0 atom stereocenters. The van der Waals surface area contributed by atoms with E-state index in [1.807, 2.05) is 0 Å². The Balaban J connectivity index is 0.00000400. The van der Waals surface area contributed by atoms with E-state index in [1.54, 1.807) is 11.6 Å². The lowest BCUT2D eigenvalue weighted by Crippen LogP contribution is -2.41. The van der Waals surface area contributed by atoms with Crippen LogP contribution in [0.1, 0.15) is 17.5 Å². The topological polar surface area (TPSA) is 112 Å². The van der Waals surface area contributed by atoms with Crippen LogP contribution in [0.2, 0.25) is 0 Å². The van der Waals surface area contributed by atoms with Gasteiger partial charge in [0.25, 0.3) is 15.9 Å². The summed E-state index contributed by atoms with van der Waals surface area (Å²) in [5.41, 5.74) is 4.78. The molecule has 3 N–H and O–H groups in total. The number of nitrogens with one attached hydrogen (secondary N) is 1. The second-order valence-corrected chi connectivity index (χ2v) is 5.42. The van der Waals surface area contributed by atoms with Gasteiger partial charge in [0.1, 0.15) is 0 Å². The van der Waals surface area contributed by atoms with Gasteiger partial charge in [-0.3, -0.25) is 0 Å². The zero-order chi connectivity index (χ0) is 15.4. The highest BCUT2D eigenvalue weighted by Crippen LogP contribution is 2.16. The molecule has 1 aromatic heterocycles. The lowest BCUT2D eigenvalue weighted by atomic mass is 10.3. The number of ether oxygens (including phenoxy) is 1. The third-order valence-corrected chi connectivity index (χ3v) is 3.42. The maximum Gasteiger partial charge on any atom is 0.374 e. The summed E-state index contributed by atoms with van der Waals surface area (Å²) in [5.74, 6) is -4.55. The van der Waals surface area contributed by atoms with Gasteiger partial charge in [-0.15, -0.1) is 12.4 Å². The van der Waals surface area contributed by atoms with Crippen molar-refractivity contribution < 1.29 is 31.1 Å². The van der Waals surface area contributed by atoms with E-state index in [0.717, 1.165) is 12.1 Å². The Morgan fingerprint density at radius 2 is 2.10 bits per heavy atom. The average molecular weight is 349 g/mol. The third-order valence-electron chi connectivity index (χ3n) is 2.14. The standard InChI is InChI=1S/C10H14F2N2O5S.ClH/c1-2-18-9(15)7-3-4-8(19-7)20(16,17)14-6-10(11,12)5-13;/h3-4,14H,2,5-6,13H2,1H3;1H. The number of carbonyl (C=O) groups excluding carboxylic acids is 1. The van der Waals surface area contributed by atoms with E-state index in [-0.39, 0.29) is 24.8 Å². The predicted octanol–water partition coefficient (Wildman–Crippen LogP) is 0.750. The molecule has 122 valence electrons. The van der Waals surface area contributed by atoms with Crippen molar-refractivity contribution in [1.29, 1.82) is 0 Å². The molecule has 0 saturated carbocycles. The Hall–Kier alpha value is -1.23. The van der Waals surface area contributed by atoms with Gasteiger partial charge in [-0.1, -0.05) is 0 Å². The van der Waals surface area contributed by atoms with Crippen LogP contribution in [0.4, 0.5) is 8.78 Å². The zero-order valence-electron chi connectivity index (χ0n) is 11.0. The van der Waals surface area contributed by atoms with E-state index in [9.17, 15) is 22.0 Å². The van der Waals surface area contributed by atoms with E-state index in [0.29, 0.717) is 0 Å². The Bertz CT molecular complexity index is 576. The largest absolute Gasteiger partial charge is 0.460 e. The highest BCUT2D eigenvalue weighted by molar-refractivity contribution is 7.89. The van der Waals surface area contributed by atoms with E-state index >= 15 is 0 Å². The van der Waals surface area contributed by atoms with Crippen LogP contribution >= 0.6 is 12.4 Å². The van der Waals surface area contributed by atoms with Crippen molar-refractivity contribution in [3.8, 4) is 0 Å². The lowest BCUT2D eigenvalue weighted by Gasteiger charge is -2.13. The lowest BCUT2D eigenvalue weighted by molar-refractivity contribution is 0.0169. The van der Waals surface area contributed by atoms with Crippen LogP contribution in [-0.2, 0) is 14.8 Å². The quantitative estimate of drug-likeness (QED) is 0.703. The van der Waals surface area contributed by atoms with Crippen LogP contribution < -0.4 is 10.5 Å². The van der Waals surface area contributed by atoms with Crippen molar-refractivity contribution in [1.82, 2.24) is 4.72 Å². The Kier molecular flexibility index (Phi) is 7.24. The van der Waals surface area contributed by atoms with E-state index < -0.39 is 40.1 Å². The summed E-state index contributed by atoms with van der Waals surface area (Å²) < 4.78 is 60.1. The molecule has 7 nitrogen and oxygen atoms in total. The fourth-order valence-corrected chi connectivity index (χ4v) is 2.11. The number of furan rings is 1. The normalized spacial score (nSPS) is 11.8. The number of hydrogen-bond donors (Lipinski definition) is 2. The fourth-order valence-electron chi connectivity index (χ4n) is 1.12. The number of nitrogens with two attached hydrogens (primary N) is 1. The highest BCUT2D eigenvalue weighted by Gasteiger charge is 2.30. The van der Waals surface area contributed by atoms with E-state index in [2.05, 4.69) is 4.74 Å².